The van der Waals surface area contributed by atoms with E-state index in [2.05, 4.69) is 30.4 Å². The number of fused-ring (bicyclic) bond motifs is 1. The standard InChI is InChI=1S/C22H12ClNO/c23-12-5-6-17-16(11-12)22-10-9-14(13-3-1-2-4-15(13)22)20-19(25)8-7-18(24-17)21(20)22/h1-11,14H. The van der Waals surface area contributed by atoms with Crippen LogP contribution < -0.4 is 0 Å². The van der Waals surface area contributed by atoms with Crippen LogP contribution in [0.1, 0.15) is 22.6 Å². The van der Waals surface area contributed by atoms with Crippen molar-refractivity contribution in [2.75, 3.05) is 0 Å². The summed E-state index contributed by atoms with van der Waals surface area (Å²) in [5.74, 6) is 0.101. The molecular weight excluding hydrogens is 330 g/mol. The molecular formula is C22H12ClNO. The molecule has 2 atom stereocenters. The molecule has 7 rings (SSSR count). The predicted octanol–water partition coefficient (Wildman–Crippen LogP) is 4.81. The van der Waals surface area contributed by atoms with Crippen molar-refractivity contribution in [2.45, 2.75) is 11.3 Å². The Kier molecular flexibility index (Phi) is 2.32. The highest BCUT2D eigenvalue weighted by Crippen LogP contribution is 2.60. The first kappa shape index (κ1) is 13.6. The minimum Gasteiger partial charge on any atom is -0.290 e. The Bertz CT molecular complexity index is 1130. The Balaban J connectivity index is 1.85. The number of hydrogen-bond acceptors (Lipinski definition) is 2. The van der Waals surface area contributed by atoms with Gasteiger partial charge in [-0.05, 0) is 47.0 Å². The van der Waals surface area contributed by atoms with Crippen molar-refractivity contribution in [3.05, 3.63) is 99.6 Å². The summed E-state index contributed by atoms with van der Waals surface area (Å²) in [5.41, 5.74) is 6.75. The topological polar surface area (TPSA) is 29.4 Å². The molecule has 1 aliphatic heterocycles. The van der Waals surface area contributed by atoms with Gasteiger partial charge in [0.15, 0.2) is 5.78 Å². The minimum absolute atomic E-state index is 0.0106. The van der Waals surface area contributed by atoms with E-state index in [0.29, 0.717) is 5.02 Å². The second-order valence-corrected chi connectivity index (χ2v) is 7.31. The monoisotopic (exact) mass is 341 g/mol. The van der Waals surface area contributed by atoms with Gasteiger partial charge in [0, 0.05) is 22.1 Å². The van der Waals surface area contributed by atoms with Crippen molar-refractivity contribution >= 4 is 28.8 Å². The van der Waals surface area contributed by atoms with E-state index in [1.165, 1.54) is 11.1 Å². The van der Waals surface area contributed by atoms with Crippen molar-refractivity contribution in [1.29, 1.82) is 0 Å². The van der Waals surface area contributed by atoms with Crippen molar-refractivity contribution < 1.29 is 4.79 Å². The first-order chi connectivity index (χ1) is 12.2. The van der Waals surface area contributed by atoms with E-state index >= 15 is 0 Å². The van der Waals surface area contributed by atoms with E-state index in [1.807, 2.05) is 30.3 Å². The predicted molar refractivity (Wildman–Crippen MR) is 98.8 cm³/mol. The van der Waals surface area contributed by atoms with E-state index in [9.17, 15) is 4.79 Å². The van der Waals surface area contributed by atoms with Crippen LogP contribution in [0.25, 0.3) is 0 Å². The summed E-state index contributed by atoms with van der Waals surface area (Å²) < 4.78 is 0. The Morgan fingerprint density at radius 2 is 1.92 bits per heavy atom. The SMILES string of the molecule is O=C1C=CC2=Nc3ccc(Cl)cc3C34C=CC(C1=C23)c1ccccc14. The molecule has 0 saturated carbocycles. The van der Waals surface area contributed by atoms with Gasteiger partial charge in [-0.3, -0.25) is 4.79 Å². The second-order valence-electron chi connectivity index (χ2n) is 6.88. The van der Waals surface area contributed by atoms with Gasteiger partial charge >= 0.3 is 0 Å². The minimum atomic E-state index is -0.474. The number of aliphatic imine (C=N–C) groups is 1. The number of carbonyl (C=O) groups is 1. The van der Waals surface area contributed by atoms with Gasteiger partial charge in [0.1, 0.15) is 0 Å². The molecule has 1 spiro atoms. The Morgan fingerprint density at radius 3 is 2.84 bits per heavy atom. The zero-order chi connectivity index (χ0) is 16.8. The molecule has 118 valence electrons. The zero-order valence-corrected chi connectivity index (χ0v) is 13.9. The van der Waals surface area contributed by atoms with Gasteiger partial charge in [0.2, 0.25) is 0 Å². The molecule has 0 N–H and O–H groups in total. The molecule has 1 heterocycles. The third kappa shape index (κ3) is 1.44. The third-order valence-corrected chi connectivity index (χ3v) is 6.01. The molecule has 2 nitrogen and oxygen atoms in total. The zero-order valence-electron chi connectivity index (χ0n) is 13.2. The quantitative estimate of drug-likeness (QED) is 0.499. The highest BCUT2D eigenvalue weighted by atomic mass is 35.5. The van der Waals surface area contributed by atoms with Gasteiger partial charge in [0.25, 0.3) is 0 Å². The van der Waals surface area contributed by atoms with Crippen LogP contribution in [0.5, 0.6) is 0 Å². The lowest BCUT2D eigenvalue weighted by molar-refractivity contribution is -0.111. The smallest absolute Gasteiger partial charge is 0.183 e. The molecule has 0 fully saturated rings. The lowest BCUT2D eigenvalue weighted by atomic mass is 9.53. The first-order valence-corrected chi connectivity index (χ1v) is 8.73. The fourth-order valence-electron chi connectivity index (χ4n) is 4.86. The van der Waals surface area contributed by atoms with Crippen molar-refractivity contribution in [3.8, 4) is 0 Å². The molecule has 0 aromatic heterocycles. The molecule has 0 amide bonds. The molecule has 3 heteroatoms. The molecule has 0 radical (unpaired) electrons. The van der Waals surface area contributed by atoms with Crippen molar-refractivity contribution in [2.24, 2.45) is 4.99 Å². The molecule has 2 bridgehead atoms. The number of benzene rings is 2. The summed E-state index contributed by atoms with van der Waals surface area (Å²) in [6.45, 7) is 0. The number of nitrogens with zero attached hydrogens (tertiary/aromatic N) is 1. The Hall–Kier alpha value is -2.71. The summed E-state index contributed by atoms with van der Waals surface area (Å²) in [4.78, 5) is 17.6. The van der Waals surface area contributed by atoms with Gasteiger partial charge in [-0.15, -0.1) is 0 Å². The summed E-state index contributed by atoms with van der Waals surface area (Å²) in [6, 6.07) is 14.3. The number of hydrogen-bond donors (Lipinski definition) is 0. The van der Waals surface area contributed by atoms with Crippen molar-refractivity contribution in [3.63, 3.8) is 0 Å². The Labute approximate surface area is 149 Å². The molecule has 2 aromatic rings. The summed E-state index contributed by atoms with van der Waals surface area (Å²) in [7, 11) is 0. The summed E-state index contributed by atoms with van der Waals surface area (Å²) in [5, 5.41) is 0.685. The van der Waals surface area contributed by atoms with E-state index in [0.717, 1.165) is 28.1 Å². The van der Waals surface area contributed by atoms with Crippen LogP contribution in [0.15, 0.2) is 82.9 Å². The number of rotatable bonds is 0. The molecule has 2 unspecified atom stereocenters. The fraction of sp³-hybridized carbons (Fsp3) is 0.0909. The molecule has 25 heavy (non-hydrogen) atoms. The van der Waals surface area contributed by atoms with E-state index < -0.39 is 5.41 Å². The maximum absolute atomic E-state index is 12.8. The molecule has 5 aliphatic rings. The number of carbonyl (C=O) groups excluding carboxylic acids is 1. The Morgan fingerprint density at radius 1 is 1.04 bits per heavy atom. The van der Waals surface area contributed by atoms with Gasteiger partial charge in [-0.1, -0.05) is 48.0 Å². The number of ketones is 1. The van der Waals surface area contributed by atoms with Crippen molar-refractivity contribution in [1.82, 2.24) is 0 Å². The summed E-state index contributed by atoms with van der Waals surface area (Å²) in [6.07, 6.45) is 7.93. The van der Waals surface area contributed by atoms with E-state index in [1.54, 1.807) is 6.08 Å². The van der Waals surface area contributed by atoms with Gasteiger partial charge in [-0.2, -0.15) is 0 Å². The van der Waals surface area contributed by atoms with Gasteiger partial charge in [-0.25, -0.2) is 4.99 Å². The lowest BCUT2D eigenvalue weighted by Gasteiger charge is -2.49. The fourth-order valence-corrected chi connectivity index (χ4v) is 5.03. The molecule has 4 aliphatic carbocycles. The van der Waals surface area contributed by atoms with Crippen LogP contribution in [0, 0.1) is 0 Å². The van der Waals surface area contributed by atoms with Crippen LogP contribution in [0.3, 0.4) is 0 Å². The maximum atomic E-state index is 12.8. The average Bonchev–Trinajstić information content (AvgIpc) is 2.65. The lowest BCUT2D eigenvalue weighted by Crippen LogP contribution is -2.44. The second kappa shape index (κ2) is 4.27. The first-order valence-electron chi connectivity index (χ1n) is 8.35. The van der Waals surface area contributed by atoms with Crippen LogP contribution in [-0.2, 0) is 10.2 Å². The normalized spacial score (nSPS) is 27.0. The van der Waals surface area contributed by atoms with Gasteiger partial charge in [0.05, 0.1) is 16.8 Å². The van der Waals surface area contributed by atoms with Gasteiger partial charge < -0.3 is 0 Å². The summed E-state index contributed by atoms with van der Waals surface area (Å²) >= 11 is 6.35. The third-order valence-electron chi connectivity index (χ3n) is 5.77. The van der Waals surface area contributed by atoms with Crippen LogP contribution in [-0.4, -0.2) is 11.5 Å². The highest BCUT2D eigenvalue weighted by Gasteiger charge is 2.53. The number of halogens is 1. The molecule has 0 saturated heterocycles. The van der Waals surface area contributed by atoms with Crippen LogP contribution in [0.4, 0.5) is 5.69 Å². The average molecular weight is 342 g/mol. The van der Waals surface area contributed by atoms with E-state index in [-0.39, 0.29) is 11.7 Å². The number of allylic oxidation sites excluding steroid dienone is 6. The van der Waals surface area contributed by atoms with Crippen LogP contribution in [0.2, 0.25) is 5.02 Å². The largest absolute Gasteiger partial charge is 0.290 e. The van der Waals surface area contributed by atoms with Crippen LogP contribution >= 0.6 is 11.6 Å². The highest BCUT2D eigenvalue weighted by molar-refractivity contribution is 6.31. The maximum Gasteiger partial charge on any atom is 0.183 e. The molecule has 2 aromatic carbocycles. The van der Waals surface area contributed by atoms with E-state index in [4.69, 9.17) is 16.6 Å².